The second-order valence-corrected chi connectivity index (χ2v) is 9.32. The SMILES string of the molecule is C=C(Cl)Cc1ccc(C)cc1CCc1cc(C)c(/C=C\C)c(-c2cccc(CC)c2C)c1. The largest absolute Gasteiger partial charge is 0.0894 e. The molecule has 0 unspecified atom stereocenters. The predicted molar refractivity (Wildman–Crippen MR) is 143 cm³/mol. The van der Waals surface area contributed by atoms with Crippen LogP contribution in [0.2, 0.25) is 0 Å². The van der Waals surface area contributed by atoms with Crippen LogP contribution in [0.3, 0.4) is 0 Å². The Labute approximate surface area is 199 Å². The van der Waals surface area contributed by atoms with Crippen LogP contribution in [-0.2, 0) is 25.7 Å². The number of rotatable bonds is 8. The summed E-state index contributed by atoms with van der Waals surface area (Å²) in [6.45, 7) is 14.9. The molecule has 0 amide bonds. The molecule has 3 aromatic rings. The summed E-state index contributed by atoms with van der Waals surface area (Å²) < 4.78 is 0. The molecule has 0 saturated carbocycles. The first-order valence-electron chi connectivity index (χ1n) is 11.6. The lowest BCUT2D eigenvalue weighted by Crippen LogP contribution is -2.01. The van der Waals surface area contributed by atoms with Crippen molar-refractivity contribution in [2.75, 3.05) is 0 Å². The van der Waals surface area contributed by atoms with Gasteiger partial charge in [0.25, 0.3) is 0 Å². The number of hydrogen-bond acceptors (Lipinski definition) is 0. The summed E-state index contributed by atoms with van der Waals surface area (Å²) in [7, 11) is 0. The van der Waals surface area contributed by atoms with Crippen LogP contribution in [0.15, 0.2) is 66.2 Å². The molecular formula is C31H35Cl. The highest BCUT2D eigenvalue weighted by molar-refractivity contribution is 6.29. The van der Waals surface area contributed by atoms with Gasteiger partial charge in [-0.3, -0.25) is 0 Å². The Balaban J connectivity index is 2.02. The van der Waals surface area contributed by atoms with Crippen molar-refractivity contribution in [3.63, 3.8) is 0 Å². The fourth-order valence-corrected chi connectivity index (χ4v) is 4.78. The Morgan fingerprint density at radius 2 is 1.69 bits per heavy atom. The van der Waals surface area contributed by atoms with Gasteiger partial charge in [-0.05, 0) is 97.0 Å². The Morgan fingerprint density at radius 3 is 2.38 bits per heavy atom. The van der Waals surface area contributed by atoms with Crippen LogP contribution >= 0.6 is 11.6 Å². The molecule has 0 fully saturated rings. The lowest BCUT2D eigenvalue weighted by Gasteiger charge is -2.17. The van der Waals surface area contributed by atoms with Crippen molar-refractivity contribution in [3.8, 4) is 11.1 Å². The summed E-state index contributed by atoms with van der Waals surface area (Å²) in [4.78, 5) is 0. The highest BCUT2D eigenvalue weighted by Gasteiger charge is 2.13. The fraction of sp³-hybridized carbons (Fsp3) is 0.290. The average Bonchev–Trinajstić information content (AvgIpc) is 2.75. The average molecular weight is 443 g/mol. The van der Waals surface area contributed by atoms with Crippen molar-refractivity contribution < 1.29 is 0 Å². The van der Waals surface area contributed by atoms with Gasteiger partial charge in [-0.1, -0.05) is 91.4 Å². The van der Waals surface area contributed by atoms with Crippen LogP contribution in [-0.4, -0.2) is 0 Å². The summed E-state index contributed by atoms with van der Waals surface area (Å²) in [5.41, 5.74) is 13.5. The highest BCUT2D eigenvalue weighted by atomic mass is 35.5. The molecule has 3 aromatic carbocycles. The van der Waals surface area contributed by atoms with E-state index in [9.17, 15) is 0 Å². The quantitative estimate of drug-likeness (QED) is 0.326. The van der Waals surface area contributed by atoms with Crippen molar-refractivity contribution in [1.29, 1.82) is 0 Å². The van der Waals surface area contributed by atoms with Crippen LogP contribution in [0.25, 0.3) is 17.2 Å². The Kier molecular flexibility index (Phi) is 8.15. The number of benzene rings is 3. The Bertz CT molecular complexity index is 1150. The van der Waals surface area contributed by atoms with Gasteiger partial charge in [-0.2, -0.15) is 0 Å². The minimum absolute atomic E-state index is 0.690. The summed E-state index contributed by atoms with van der Waals surface area (Å²) in [6.07, 6.45) is 8.17. The van der Waals surface area contributed by atoms with Gasteiger partial charge in [0.1, 0.15) is 0 Å². The van der Waals surface area contributed by atoms with Gasteiger partial charge < -0.3 is 0 Å². The molecular weight excluding hydrogens is 408 g/mol. The molecule has 0 heterocycles. The number of allylic oxidation sites excluding steroid dienone is 2. The lowest BCUT2D eigenvalue weighted by atomic mass is 9.87. The third kappa shape index (κ3) is 5.61. The molecule has 0 N–H and O–H groups in total. The summed E-state index contributed by atoms with van der Waals surface area (Å²) in [6, 6.07) is 18.1. The second-order valence-electron chi connectivity index (χ2n) is 8.78. The van der Waals surface area contributed by atoms with Gasteiger partial charge in [-0.25, -0.2) is 0 Å². The third-order valence-corrected chi connectivity index (χ3v) is 6.46. The predicted octanol–water partition coefficient (Wildman–Crippen LogP) is 8.95. The normalized spacial score (nSPS) is 11.3. The van der Waals surface area contributed by atoms with Gasteiger partial charge in [0, 0.05) is 11.5 Å². The van der Waals surface area contributed by atoms with E-state index in [0.29, 0.717) is 5.03 Å². The number of hydrogen-bond donors (Lipinski definition) is 0. The molecule has 0 aromatic heterocycles. The fourth-order valence-electron chi connectivity index (χ4n) is 4.63. The maximum atomic E-state index is 6.14. The monoisotopic (exact) mass is 442 g/mol. The molecule has 3 rings (SSSR count). The molecule has 0 radical (unpaired) electrons. The topological polar surface area (TPSA) is 0 Å². The van der Waals surface area contributed by atoms with E-state index in [1.807, 2.05) is 0 Å². The molecule has 0 atom stereocenters. The van der Waals surface area contributed by atoms with Crippen molar-refractivity contribution in [3.05, 3.63) is 111 Å². The van der Waals surface area contributed by atoms with Gasteiger partial charge in [0.2, 0.25) is 0 Å². The third-order valence-electron chi connectivity index (χ3n) is 6.32. The van der Waals surface area contributed by atoms with E-state index in [2.05, 4.69) is 102 Å². The zero-order valence-corrected chi connectivity index (χ0v) is 20.9. The summed E-state index contributed by atoms with van der Waals surface area (Å²) in [5.74, 6) is 0. The lowest BCUT2D eigenvalue weighted by molar-refractivity contribution is 0.935. The zero-order valence-electron chi connectivity index (χ0n) is 20.2. The van der Waals surface area contributed by atoms with Gasteiger partial charge in [0.05, 0.1) is 0 Å². The Morgan fingerprint density at radius 1 is 0.906 bits per heavy atom. The molecule has 0 spiro atoms. The Hall–Kier alpha value is -2.57. The van der Waals surface area contributed by atoms with Crippen LogP contribution in [0.4, 0.5) is 0 Å². The van der Waals surface area contributed by atoms with E-state index in [-0.39, 0.29) is 0 Å². The van der Waals surface area contributed by atoms with E-state index >= 15 is 0 Å². The molecule has 1 heteroatoms. The summed E-state index contributed by atoms with van der Waals surface area (Å²) in [5, 5.41) is 0.690. The molecule has 0 aliphatic carbocycles. The number of halogens is 1. The minimum atomic E-state index is 0.690. The molecule has 0 aliphatic heterocycles. The van der Waals surface area contributed by atoms with Crippen LogP contribution in [0.5, 0.6) is 0 Å². The maximum Gasteiger partial charge on any atom is 0.0153 e. The van der Waals surface area contributed by atoms with E-state index in [4.69, 9.17) is 11.6 Å². The smallest absolute Gasteiger partial charge is 0.0153 e. The minimum Gasteiger partial charge on any atom is -0.0894 e. The number of aryl methyl sites for hydroxylation is 5. The van der Waals surface area contributed by atoms with Crippen LogP contribution in [0.1, 0.15) is 58.4 Å². The molecule has 0 bridgehead atoms. The second kappa shape index (κ2) is 10.8. The van der Waals surface area contributed by atoms with Crippen molar-refractivity contribution >= 4 is 17.7 Å². The summed E-state index contributed by atoms with van der Waals surface area (Å²) >= 11 is 6.14. The first-order chi connectivity index (χ1) is 15.3. The highest BCUT2D eigenvalue weighted by Crippen LogP contribution is 2.33. The van der Waals surface area contributed by atoms with E-state index < -0.39 is 0 Å². The van der Waals surface area contributed by atoms with E-state index in [0.717, 1.165) is 25.7 Å². The molecule has 0 nitrogen and oxygen atoms in total. The maximum absolute atomic E-state index is 6.14. The molecule has 166 valence electrons. The van der Waals surface area contributed by atoms with Crippen LogP contribution < -0.4 is 0 Å². The molecule has 0 aliphatic rings. The molecule has 0 saturated heterocycles. The van der Waals surface area contributed by atoms with E-state index in [1.165, 1.54) is 55.6 Å². The molecule has 32 heavy (non-hydrogen) atoms. The van der Waals surface area contributed by atoms with Crippen molar-refractivity contribution in [2.45, 2.75) is 60.3 Å². The van der Waals surface area contributed by atoms with E-state index in [1.54, 1.807) is 0 Å². The van der Waals surface area contributed by atoms with Gasteiger partial charge in [-0.15, -0.1) is 0 Å². The van der Waals surface area contributed by atoms with Gasteiger partial charge >= 0.3 is 0 Å². The first kappa shape index (κ1) is 24.1. The first-order valence-corrected chi connectivity index (χ1v) is 12.0. The van der Waals surface area contributed by atoms with Crippen LogP contribution in [0, 0.1) is 20.8 Å². The van der Waals surface area contributed by atoms with Gasteiger partial charge in [0.15, 0.2) is 0 Å². The zero-order chi connectivity index (χ0) is 23.3. The van der Waals surface area contributed by atoms with Crippen molar-refractivity contribution in [1.82, 2.24) is 0 Å². The standard InChI is InChI=1S/C31H35Cl/c1-7-10-29-22(4)18-25(20-31(29)30-12-9-11-26(8-2)24(30)6)14-16-27-17-21(3)13-15-28(27)19-23(5)32/h7,9-13,15,17-18,20H,5,8,14,16,19H2,1-4,6H3/b10-7-. The van der Waals surface area contributed by atoms with Crippen molar-refractivity contribution in [2.24, 2.45) is 0 Å².